The molecule has 0 atom stereocenters. The number of benzene rings is 1. The molecule has 142 valence electrons. The van der Waals surface area contributed by atoms with Crippen LogP contribution in [0.15, 0.2) is 30.3 Å². The second-order valence-corrected chi connectivity index (χ2v) is 7.19. The van der Waals surface area contributed by atoms with Gasteiger partial charge in [0.2, 0.25) is 5.88 Å². The van der Waals surface area contributed by atoms with Gasteiger partial charge in [0.05, 0.1) is 12.1 Å². The zero-order valence-electron chi connectivity index (χ0n) is 14.7. The monoisotopic (exact) mass is 374 g/mol. The van der Waals surface area contributed by atoms with E-state index in [2.05, 4.69) is 4.98 Å². The second kappa shape index (κ2) is 7.13. The maximum atomic E-state index is 14.6. The van der Waals surface area contributed by atoms with E-state index in [1.807, 2.05) is 0 Å². The lowest BCUT2D eigenvalue weighted by molar-refractivity contribution is -0.138. The lowest BCUT2D eigenvalue weighted by Crippen LogP contribution is -2.48. The van der Waals surface area contributed by atoms with Gasteiger partial charge in [-0.25, -0.2) is 13.8 Å². The summed E-state index contributed by atoms with van der Waals surface area (Å²) in [5.41, 5.74) is 0.682. The standard InChI is InChI=1S/C20H20F2N2O3/c21-15-8-13(17-5-2-6-18(23-17)27-14-3-1-4-14)9-16(22)20(15)24-10-12(11-24)7-19(25)26/h2,5-6,8-9,12,14H,1,3-4,7,10-11H2,(H,25,26). The van der Waals surface area contributed by atoms with Crippen molar-refractivity contribution in [3.8, 4) is 17.1 Å². The van der Waals surface area contributed by atoms with Crippen LogP contribution < -0.4 is 9.64 Å². The summed E-state index contributed by atoms with van der Waals surface area (Å²) in [6.45, 7) is 0.672. The number of aromatic nitrogens is 1. The van der Waals surface area contributed by atoms with Gasteiger partial charge in [-0.05, 0) is 37.5 Å². The van der Waals surface area contributed by atoms with E-state index in [0.29, 0.717) is 30.2 Å². The number of hydrogen-bond donors (Lipinski definition) is 1. The highest BCUT2D eigenvalue weighted by atomic mass is 19.1. The number of aliphatic carboxylic acids is 1. The summed E-state index contributed by atoms with van der Waals surface area (Å²) in [7, 11) is 0. The summed E-state index contributed by atoms with van der Waals surface area (Å²) in [6, 6.07) is 7.71. The highest BCUT2D eigenvalue weighted by Crippen LogP contribution is 2.34. The van der Waals surface area contributed by atoms with Crippen molar-refractivity contribution in [1.29, 1.82) is 0 Å². The van der Waals surface area contributed by atoms with Crippen LogP contribution in [0.4, 0.5) is 14.5 Å². The number of carboxylic acids is 1. The lowest BCUT2D eigenvalue weighted by Gasteiger charge is -2.40. The number of carbonyl (C=O) groups is 1. The van der Waals surface area contributed by atoms with Gasteiger partial charge in [0.1, 0.15) is 23.4 Å². The Labute approximate surface area is 155 Å². The molecule has 0 spiro atoms. The lowest BCUT2D eigenvalue weighted by atomic mass is 9.95. The summed E-state index contributed by atoms with van der Waals surface area (Å²) >= 11 is 0. The van der Waals surface area contributed by atoms with Crippen molar-refractivity contribution in [3.05, 3.63) is 42.0 Å². The Morgan fingerprint density at radius 3 is 2.52 bits per heavy atom. The highest BCUT2D eigenvalue weighted by molar-refractivity contribution is 5.69. The third kappa shape index (κ3) is 3.72. The summed E-state index contributed by atoms with van der Waals surface area (Å²) in [6.07, 6.45) is 3.33. The van der Waals surface area contributed by atoms with Gasteiger partial charge in [0.15, 0.2) is 0 Å². The van der Waals surface area contributed by atoms with Gasteiger partial charge < -0.3 is 14.7 Å². The Morgan fingerprint density at radius 2 is 1.93 bits per heavy atom. The Morgan fingerprint density at radius 1 is 1.22 bits per heavy atom. The largest absolute Gasteiger partial charge is 0.481 e. The van der Waals surface area contributed by atoms with Crippen molar-refractivity contribution in [2.24, 2.45) is 5.92 Å². The molecular weight excluding hydrogens is 354 g/mol. The van der Waals surface area contributed by atoms with Crippen LogP contribution in [0.25, 0.3) is 11.3 Å². The van der Waals surface area contributed by atoms with E-state index >= 15 is 0 Å². The van der Waals surface area contributed by atoms with E-state index in [1.165, 1.54) is 17.0 Å². The third-order valence-corrected chi connectivity index (χ3v) is 5.11. The summed E-state index contributed by atoms with van der Waals surface area (Å²) in [4.78, 5) is 16.6. The topological polar surface area (TPSA) is 62.7 Å². The molecule has 7 heteroatoms. The van der Waals surface area contributed by atoms with Crippen LogP contribution in [0.3, 0.4) is 0 Å². The maximum absolute atomic E-state index is 14.6. The van der Waals surface area contributed by atoms with E-state index in [1.54, 1.807) is 18.2 Å². The number of carboxylic acid groups (broad SMARTS) is 1. The predicted molar refractivity (Wildman–Crippen MR) is 95.8 cm³/mol. The van der Waals surface area contributed by atoms with Gasteiger partial charge in [-0.3, -0.25) is 4.79 Å². The minimum atomic E-state index is -0.897. The maximum Gasteiger partial charge on any atom is 0.303 e. The molecule has 1 aliphatic carbocycles. The molecule has 0 radical (unpaired) electrons. The molecule has 0 bridgehead atoms. The fraction of sp³-hybridized carbons (Fsp3) is 0.400. The van der Waals surface area contributed by atoms with E-state index in [0.717, 1.165) is 19.3 Å². The van der Waals surface area contributed by atoms with Gasteiger partial charge in [0, 0.05) is 30.6 Å². The van der Waals surface area contributed by atoms with E-state index in [-0.39, 0.29) is 24.1 Å². The molecule has 0 amide bonds. The molecule has 2 aliphatic rings. The third-order valence-electron chi connectivity index (χ3n) is 5.11. The first-order valence-corrected chi connectivity index (χ1v) is 9.09. The molecule has 1 saturated heterocycles. The summed E-state index contributed by atoms with van der Waals surface area (Å²) in [5.74, 6) is -1.87. The summed E-state index contributed by atoms with van der Waals surface area (Å²) < 4.78 is 34.9. The first-order chi connectivity index (χ1) is 13.0. The number of rotatable bonds is 6. The van der Waals surface area contributed by atoms with Gasteiger partial charge in [0.25, 0.3) is 0 Å². The van der Waals surface area contributed by atoms with Gasteiger partial charge >= 0.3 is 5.97 Å². The predicted octanol–water partition coefficient (Wildman–Crippen LogP) is 3.87. The van der Waals surface area contributed by atoms with Crippen LogP contribution in [0.5, 0.6) is 5.88 Å². The molecular formula is C20H20F2N2O3. The van der Waals surface area contributed by atoms with Crippen LogP contribution in [-0.2, 0) is 4.79 Å². The van der Waals surface area contributed by atoms with E-state index in [9.17, 15) is 13.6 Å². The fourth-order valence-electron chi connectivity index (χ4n) is 3.44. The number of halogens is 2. The average molecular weight is 374 g/mol. The molecule has 1 aromatic heterocycles. The van der Waals surface area contributed by atoms with Crippen LogP contribution in [0.2, 0.25) is 0 Å². The average Bonchev–Trinajstić information content (AvgIpc) is 2.55. The Balaban J connectivity index is 1.52. The SMILES string of the molecule is O=C(O)CC1CN(c2c(F)cc(-c3cccc(OC4CCC4)n3)cc2F)C1. The molecule has 2 fully saturated rings. The Bertz CT molecular complexity index is 841. The molecule has 4 rings (SSSR count). The Kier molecular flexibility index (Phi) is 4.68. The number of hydrogen-bond acceptors (Lipinski definition) is 4. The first kappa shape index (κ1) is 17.7. The first-order valence-electron chi connectivity index (χ1n) is 9.09. The number of ether oxygens (including phenoxy) is 1. The molecule has 0 unspecified atom stereocenters. The molecule has 2 heterocycles. The van der Waals surface area contributed by atoms with Crippen LogP contribution in [0.1, 0.15) is 25.7 Å². The van der Waals surface area contributed by atoms with Crippen molar-refractivity contribution in [1.82, 2.24) is 4.98 Å². The molecule has 27 heavy (non-hydrogen) atoms. The fourth-order valence-corrected chi connectivity index (χ4v) is 3.44. The Hall–Kier alpha value is -2.70. The number of anilines is 1. The quantitative estimate of drug-likeness (QED) is 0.832. The van der Waals surface area contributed by atoms with Crippen molar-refractivity contribution in [3.63, 3.8) is 0 Å². The molecule has 1 N–H and O–H groups in total. The minimum absolute atomic E-state index is 0.00945. The molecule has 1 aliphatic heterocycles. The number of nitrogens with zero attached hydrogens (tertiary/aromatic N) is 2. The van der Waals surface area contributed by atoms with Crippen molar-refractivity contribution < 1.29 is 23.4 Å². The van der Waals surface area contributed by atoms with E-state index in [4.69, 9.17) is 9.84 Å². The molecule has 2 aromatic rings. The zero-order valence-corrected chi connectivity index (χ0v) is 14.7. The second-order valence-electron chi connectivity index (χ2n) is 7.19. The van der Waals surface area contributed by atoms with Crippen molar-refractivity contribution in [2.45, 2.75) is 31.8 Å². The van der Waals surface area contributed by atoms with Crippen molar-refractivity contribution >= 4 is 11.7 Å². The van der Waals surface area contributed by atoms with Crippen LogP contribution in [-0.4, -0.2) is 35.3 Å². The smallest absolute Gasteiger partial charge is 0.303 e. The van der Waals surface area contributed by atoms with Crippen LogP contribution >= 0.6 is 0 Å². The minimum Gasteiger partial charge on any atom is -0.481 e. The molecule has 1 aromatic carbocycles. The van der Waals surface area contributed by atoms with Crippen molar-refractivity contribution in [2.75, 3.05) is 18.0 Å². The summed E-state index contributed by atoms with van der Waals surface area (Å²) in [5, 5.41) is 8.79. The molecule has 1 saturated carbocycles. The number of pyridine rings is 1. The van der Waals surface area contributed by atoms with Gasteiger partial charge in [-0.15, -0.1) is 0 Å². The zero-order chi connectivity index (χ0) is 19.0. The van der Waals surface area contributed by atoms with Gasteiger partial charge in [-0.2, -0.15) is 0 Å². The van der Waals surface area contributed by atoms with Crippen LogP contribution in [0, 0.1) is 17.6 Å². The normalized spacial score (nSPS) is 17.3. The highest BCUT2D eigenvalue weighted by Gasteiger charge is 2.32. The molecule has 5 nitrogen and oxygen atoms in total. The van der Waals surface area contributed by atoms with E-state index < -0.39 is 17.6 Å². The van der Waals surface area contributed by atoms with Gasteiger partial charge in [-0.1, -0.05) is 6.07 Å².